The van der Waals surface area contributed by atoms with Gasteiger partial charge in [-0.1, -0.05) is 29.5 Å². The van der Waals surface area contributed by atoms with E-state index in [-0.39, 0.29) is 36.6 Å². The lowest BCUT2D eigenvalue weighted by Gasteiger charge is -2.38. The van der Waals surface area contributed by atoms with E-state index in [1.165, 1.54) is 39.3 Å². The highest BCUT2D eigenvalue weighted by Gasteiger charge is 2.37. The molecule has 3 aromatic carbocycles. The zero-order valence-electron chi connectivity index (χ0n) is 30.3. The fraction of sp³-hybridized carbons (Fsp3) is 0.263. The van der Waals surface area contributed by atoms with Crippen LogP contribution in [0.2, 0.25) is 0 Å². The van der Waals surface area contributed by atoms with E-state index in [4.69, 9.17) is 10.5 Å². The van der Waals surface area contributed by atoms with Crippen molar-refractivity contribution >= 4 is 38.9 Å². The predicted molar refractivity (Wildman–Crippen MR) is 203 cm³/mol. The van der Waals surface area contributed by atoms with E-state index in [2.05, 4.69) is 30.3 Å². The summed E-state index contributed by atoms with van der Waals surface area (Å²) in [5, 5.41) is 24.8. The van der Waals surface area contributed by atoms with E-state index >= 15 is 4.39 Å². The van der Waals surface area contributed by atoms with Crippen LogP contribution in [-0.4, -0.2) is 82.1 Å². The number of halogens is 2. The molecule has 0 amide bonds. The smallest absolute Gasteiger partial charge is 0.298 e. The Morgan fingerprint density at radius 3 is 2.65 bits per heavy atom. The standard InChI is InChI=1S/C38H35F2N11O3S/c39-24-6-8-28(29(40)16-24)38(53,21-48-23-42-22-43-48)20-47-12-10-26(11-13-47)50-19-30(45-46-50)34-18-32-36(55-34)44-35(41)37(52)51(32)27-7-9-33-31(17-27)49(14-15-54-33)25-4-2-1-3-5-25/h1-9,16-19,22-23,26,53H,10-15,20-21H2,(H2,41,44)/i18D. The molecule has 280 valence electrons. The van der Waals surface area contributed by atoms with Crippen LogP contribution >= 0.6 is 11.3 Å². The number of anilines is 3. The molecule has 0 spiro atoms. The van der Waals surface area contributed by atoms with Crippen molar-refractivity contribution in [1.29, 1.82) is 0 Å². The molecule has 3 N–H and O–H groups in total. The summed E-state index contributed by atoms with van der Waals surface area (Å²) in [6.07, 6.45) is 5.85. The summed E-state index contributed by atoms with van der Waals surface area (Å²) < 4.78 is 48.6. The largest absolute Gasteiger partial charge is 0.490 e. The zero-order valence-corrected chi connectivity index (χ0v) is 30.1. The van der Waals surface area contributed by atoms with Gasteiger partial charge >= 0.3 is 0 Å². The first-order valence-corrected chi connectivity index (χ1v) is 18.5. The first-order valence-electron chi connectivity index (χ1n) is 18.2. The lowest BCUT2D eigenvalue weighted by atomic mass is 9.91. The Bertz CT molecular complexity index is 2610. The number of rotatable bonds is 9. The fourth-order valence-electron chi connectivity index (χ4n) is 7.46. The summed E-state index contributed by atoms with van der Waals surface area (Å²) in [6, 6.07) is 18.6. The molecule has 9 rings (SSSR count). The van der Waals surface area contributed by atoms with E-state index < -0.39 is 22.8 Å². The number of piperidine rings is 1. The van der Waals surface area contributed by atoms with E-state index in [0.29, 0.717) is 71.4 Å². The zero-order chi connectivity index (χ0) is 38.6. The number of aliphatic hydroxyl groups is 1. The Morgan fingerprint density at radius 1 is 1.04 bits per heavy atom. The number of nitrogen functional groups attached to an aromatic ring is 1. The Balaban J connectivity index is 0.970. The van der Waals surface area contributed by atoms with Gasteiger partial charge in [0.05, 0.1) is 48.5 Å². The molecule has 1 unspecified atom stereocenters. The molecular formula is C38H35F2N11O3S. The number of ether oxygens (including phenoxy) is 1. The van der Waals surface area contributed by atoms with Crippen LogP contribution in [0.4, 0.5) is 26.0 Å². The van der Waals surface area contributed by atoms with Gasteiger partial charge in [-0.15, -0.1) is 16.4 Å². The number of hydrogen-bond acceptors (Lipinski definition) is 12. The molecule has 2 aliphatic rings. The van der Waals surface area contributed by atoms with Crippen molar-refractivity contribution in [3.63, 3.8) is 0 Å². The number of aromatic nitrogens is 8. The average molecular weight is 765 g/mol. The molecule has 55 heavy (non-hydrogen) atoms. The van der Waals surface area contributed by atoms with E-state index in [1.807, 2.05) is 47.4 Å². The van der Waals surface area contributed by atoms with Crippen LogP contribution in [0.25, 0.3) is 26.6 Å². The molecule has 7 aromatic rings. The lowest BCUT2D eigenvalue weighted by Crippen LogP contribution is -2.47. The molecule has 1 atom stereocenters. The maximum absolute atomic E-state index is 15.0. The summed E-state index contributed by atoms with van der Waals surface area (Å²) in [5.41, 5.74) is 6.97. The van der Waals surface area contributed by atoms with Crippen LogP contribution < -0.4 is 20.9 Å². The Morgan fingerprint density at radius 2 is 1.87 bits per heavy atom. The number of β-amino-alcohol motifs (C(OH)–C–C–N with tert-alkyl or cyclic N) is 1. The van der Waals surface area contributed by atoms with Crippen LogP contribution in [0, 0.1) is 11.6 Å². The highest BCUT2D eigenvalue weighted by Crippen LogP contribution is 2.39. The summed E-state index contributed by atoms with van der Waals surface area (Å²) in [5.74, 6) is -1.08. The molecule has 14 nitrogen and oxygen atoms in total. The first kappa shape index (κ1) is 33.5. The van der Waals surface area contributed by atoms with Crippen molar-refractivity contribution in [3.8, 4) is 22.0 Å². The van der Waals surface area contributed by atoms with Crippen LogP contribution in [0.5, 0.6) is 5.75 Å². The number of fused-ring (bicyclic) bond motifs is 2. The van der Waals surface area contributed by atoms with Crippen molar-refractivity contribution in [2.24, 2.45) is 0 Å². The van der Waals surface area contributed by atoms with Crippen molar-refractivity contribution in [3.05, 3.63) is 119 Å². The number of nitrogens with zero attached hydrogens (tertiary/aromatic N) is 10. The van der Waals surface area contributed by atoms with Gasteiger partial charge in [-0.2, -0.15) is 5.10 Å². The SMILES string of the molecule is [2H]c1c(-c2cn(C3CCN(CC(O)(Cn4cncn4)c4ccc(F)cc4F)CC3)nn2)sc2nc(N)c(=O)n(-c3ccc4c(c3)N(c3ccccc3)CCO4)c12. The molecule has 0 aliphatic carbocycles. The van der Waals surface area contributed by atoms with Crippen molar-refractivity contribution in [1.82, 2.24) is 44.2 Å². The third kappa shape index (κ3) is 6.59. The van der Waals surface area contributed by atoms with Crippen molar-refractivity contribution in [2.45, 2.75) is 31.0 Å². The minimum Gasteiger partial charge on any atom is -0.490 e. The maximum atomic E-state index is 15.0. The molecule has 1 fully saturated rings. The Labute approximate surface area is 318 Å². The third-order valence-electron chi connectivity index (χ3n) is 10.1. The second-order valence-corrected chi connectivity index (χ2v) is 14.7. The van der Waals surface area contributed by atoms with Crippen molar-refractivity contribution in [2.75, 3.05) is 43.4 Å². The molecule has 17 heteroatoms. The van der Waals surface area contributed by atoms with E-state index in [9.17, 15) is 15.7 Å². The number of thiophene rings is 1. The van der Waals surface area contributed by atoms with Gasteiger partial charge < -0.3 is 20.5 Å². The van der Waals surface area contributed by atoms with Crippen LogP contribution in [0.15, 0.2) is 96.4 Å². The van der Waals surface area contributed by atoms with Gasteiger partial charge in [-0.3, -0.25) is 14.3 Å². The van der Waals surface area contributed by atoms with Crippen LogP contribution in [0.3, 0.4) is 0 Å². The summed E-state index contributed by atoms with van der Waals surface area (Å²) in [4.78, 5) is 27.1. The van der Waals surface area contributed by atoms with Crippen LogP contribution in [0.1, 0.15) is 25.8 Å². The van der Waals surface area contributed by atoms with Gasteiger partial charge in [0, 0.05) is 37.0 Å². The molecule has 0 bridgehead atoms. The minimum atomic E-state index is -1.71. The number of benzene rings is 3. The second-order valence-electron chi connectivity index (χ2n) is 13.7. The number of nitrogens with two attached hydrogens (primary N) is 1. The number of hydrogen-bond donors (Lipinski definition) is 2. The number of para-hydroxylation sites is 1. The molecule has 0 saturated carbocycles. The average Bonchev–Trinajstić information content (AvgIpc) is 3.97. The topological polar surface area (TPSA) is 158 Å². The first-order chi connectivity index (χ1) is 27.1. The normalized spacial score (nSPS) is 16.5. The summed E-state index contributed by atoms with van der Waals surface area (Å²) >= 11 is 1.21. The molecular weight excluding hydrogens is 729 g/mol. The van der Waals surface area contributed by atoms with Crippen LogP contribution in [-0.2, 0) is 12.1 Å². The molecule has 1 saturated heterocycles. The Kier molecular flexibility index (Phi) is 8.52. The lowest BCUT2D eigenvalue weighted by molar-refractivity contribution is -0.0285. The van der Waals surface area contributed by atoms with Crippen molar-refractivity contribution < 1.29 is 20.0 Å². The van der Waals surface area contributed by atoms with Gasteiger partial charge in [0.2, 0.25) is 0 Å². The molecule has 4 aromatic heterocycles. The second kappa shape index (κ2) is 14.0. The summed E-state index contributed by atoms with van der Waals surface area (Å²) in [7, 11) is 0. The highest BCUT2D eigenvalue weighted by molar-refractivity contribution is 7.21. The van der Waals surface area contributed by atoms with Gasteiger partial charge in [0.1, 0.15) is 52.8 Å². The van der Waals surface area contributed by atoms with Gasteiger partial charge in [-0.05, 0) is 55.3 Å². The minimum absolute atomic E-state index is 0.0246. The summed E-state index contributed by atoms with van der Waals surface area (Å²) in [6.45, 7) is 2.23. The third-order valence-corrected chi connectivity index (χ3v) is 11.1. The van der Waals surface area contributed by atoms with E-state index in [1.54, 1.807) is 16.9 Å². The molecule has 6 heterocycles. The predicted octanol–water partition coefficient (Wildman–Crippen LogP) is 4.91. The van der Waals surface area contributed by atoms with Gasteiger partial charge in [0.15, 0.2) is 5.82 Å². The quantitative estimate of drug-likeness (QED) is 0.206. The Hall–Kier alpha value is -6.04. The van der Waals surface area contributed by atoms with Gasteiger partial charge in [-0.25, -0.2) is 28.1 Å². The number of likely N-dealkylation sites (tertiary alicyclic amines) is 1. The monoisotopic (exact) mass is 764 g/mol. The maximum Gasteiger partial charge on any atom is 0.298 e. The molecule has 0 radical (unpaired) electrons. The van der Waals surface area contributed by atoms with E-state index in [0.717, 1.165) is 23.5 Å². The fourth-order valence-corrected chi connectivity index (χ4v) is 8.38. The molecule has 2 aliphatic heterocycles. The highest BCUT2D eigenvalue weighted by atomic mass is 32.1. The van der Waals surface area contributed by atoms with Gasteiger partial charge in [0.25, 0.3) is 5.56 Å².